The van der Waals surface area contributed by atoms with E-state index in [0.717, 1.165) is 12.0 Å². The Kier molecular flexibility index (Phi) is 5.16. The summed E-state index contributed by atoms with van der Waals surface area (Å²) in [4.78, 5) is 25.6. The Morgan fingerprint density at radius 1 is 1.04 bits per heavy atom. The lowest BCUT2D eigenvalue weighted by atomic mass is 10.2. The quantitative estimate of drug-likeness (QED) is 0.783. The van der Waals surface area contributed by atoms with E-state index in [9.17, 15) is 9.59 Å². The predicted molar refractivity (Wildman–Crippen MR) is 102 cm³/mol. The second-order valence-corrected chi connectivity index (χ2v) is 6.67. The zero-order valence-electron chi connectivity index (χ0n) is 13.6. The molecule has 130 valence electrons. The molecule has 7 heteroatoms. The first kappa shape index (κ1) is 17.6. The average Bonchev–Trinajstić information content (AvgIpc) is 2.97. The summed E-state index contributed by atoms with van der Waals surface area (Å²) in [6.07, 6.45) is 1.37. The third-order valence-corrected chi connectivity index (χ3v) is 4.71. The van der Waals surface area contributed by atoms with Crippen LogP contribution in [0.3, 0.4) is 0 Å². The van der Waals surface area contributed by atoms with Crippen molar-refractivity contribution in [1.82, 2.24) is 0 Å². The van der Waals surface area contributed by atoms with Crippen LogP contribution in [0.25, 0.3) is 0 Å². The predicted octanol–water partition coefficient (Wildman–Crippen LogP) is 5.07. The van der Waals surface area contributed by atoms with Gasteiger partial charge < -0.3 is 15.5 Å². The van der Waals surface area contributed by atoms with Gasteiger partial charge in [-0.25, -0.2) is 4.79 Å². The largest absolute Gasteiger partial charge is 0.323 e. The Labute approximate surface area is 155 Å². The molecule has 1 saturated heterocycles. The number of benzene rings is 2. The summed E-state index contributed by atoms with van der Waals surface area (Å²) in [5.74, 6) is 0.0663. The maximum Gasteiger partial charge on any atom is 0.323 e. The fraction of sp³-hybridized carbons (Fsp3) is 0.222. The molecule has 3 amide bonds. The molecular formula is C18H17Cl2N3O2. The maximum atomic E-state index is 12.1. The van der Waals surface area contributed by atoms with Gasteiger partial charge in [0.25, 0.3) is 0 Å². The number of anilines is 3. The number of nitrogens with zero attached hydrogens (tertiary/aromatic N) is 1. The molecule has 0 spiro atoms. The minimum atomic E-state index is -0.402. The van der Waals surface area contributed by atoms with Gasteiger partial charge in [-0.15, -0.1) is 0 Å². The van der Waals surface area contributed by atoms with E-state index in [4.69, 9.17) is 23.2 Å². The molecule has 0 bridgehead atoms. The van der Waals surface area contributed by atoms with Crippen molar-refractivity contribution >= 4 is 52.2 Å². The number of halogens is 2. The topological polar surface area (TPSA) is 61.4 Å². The van der Waals surface area contributed by atoms with E-state index in [2.05, 4.69) is 10.6 Å². The van der Waals surface area contributed by atoms with Crippen LogP contribution in [0.2, 0.25) is 10.0 Å². The van der Waals surface area contributed by atoms with Crippen molar-refractivity contribution in [3.63, 3.8) is 0 Å². The highest BCUT2D eigenvalue weighted by Crippen LogP contribution is 2.31. The van der Waals surface area contributed by atoms with E-state index in [-0.39, 0.29) is 5.91 Å². The van der Waals surface area contributed by atoms with Crippen LogP contribution in [0.1, 0.15) is 18.4 Å². The Morgan fingerprint density at radius 3 is 2.24 bits per heavy atom. The molecule has 2 N–H and O–H groups in total. The van der Waals surface area contributed by atoms with Crippen LogP contribution < -0.4 is 15.5 Å². The van der Waals surface area contributed by atoms with Gasteiger partial charge >= 0.3 is 6.03 Å². The van der Waals surface area contributed by atoms with Crippen LogP contribution in [0, 0.1) is 6.92 Å². The first-order valence-electron chi connectivity index (χ1n) is 7.88. The molecular weight excluding hydrogens is 361 g/mol. The zero-order chi connectivity index (χ0) is 18.0. The van der Waals surface area contributed by atoms with Crippen LogP contribution in [0.15, 0.2) is 36.4 Å². The molecule has 25 heavy (non-hydrogen) atoms. The number of carbonyl (C=O) groups is 2. The second-order valence-electron chi connectivity index (χ2n) is 5.86. The van der Waals surface area contributed by atoms with E-state index < -0.39 is 6.03 Å². The molecule has 0 aromatic heterocycles. The van der Waals surface area contributed by atoms with E-state index in [1.165, 1.54) is 0 Å². The lowest BCUT2D eigenvalue weighted by Gasteiger charge is -2.18. The van der Waals surface area contributed by atoms with Crippen LogP contribution in [-0.4, -0.2) is 18.5 Å². The monoisotopic (exact) mass is 377 g/mol. The van der Waals surface area contributed by atoms with Crippen LogP contribution in [0.5, 0.6) is 0 Å². The lowest BCUT2D eigenvalue weighted by Crippen LogP contribution is -2.24. The van der Waals surface area contributed by atoms with Gasteiger partial charge in [-0.05, 0) is 49.2 Å². The molecule has 1 aliphatic rings. The summed E-state index contributed by atoms with van der Waals surface area (Å²) >= 11 is 12.3. The number of urea groups is 1. The average molecular weight is 378 g/mol. The zero-order valence-corrected chi connectivity index (χ0v) is 15.1. The Morgan fingerprint density at radius 2 is 1.68 bits per heavy atom. The molecule has 2 aromatic carbocycles. The van der Waals surface area contributed by atoms with Gasteiger partial charge in [0, 0.05) is 29.4 Å². The molecule has 0 atom stereocenters. The second kappa shape index (κ2) is 7.33. The van der Waals surface area contributed by atoms with Crippen LogP contribution >= 0.6 is 23.2 Å². The molecule has 5 nitrogen and oxygen atoms in total. The van der Waals surface area contributed by atoms with Crippen molar-refractivity contribution in [3.05, 3.63) is 52.0 Å². The van der Waals surface area contributed by atoms with Crippen molar-refractivity contribution in [2.24, 2.45) is 0 Å². The molecule has 0 unspecified atom stereocenters. The van der Waals surface area contributed by atoms with E-state index >= 15 is 0 Å². The molecule has 1 aliphatic heterocycles. The van der Waals surface area contributed by atoms with Gasteiger partial charge in [0.05, 0.1) is 10.7 Å². The fourth-order valence-corrected chi connectivity index (χ4v) is 3.13. The Bertz CT molecular complexity index is 839. The normalized spacial score (nSPS) is 13.9. The smallest absolute Gasteiger partial charge is 0.311 e. The van der Waals surface area contributed by atoms with Crippen molar-refractivity contribution in [1.29, 1.82) is 0 Å². The van der Waals surface area contributed by atoms with Crippen LogP contribution in [-0.2, 0) is 4.79 Å². The van der Waals surface area contributed by atoms with E-state index in [0.29, 0.717) is 40.1 Å². The highest BCUT2D eigenvalue weighted by atomic mass is 35.5. The highest BCUT2D eigenvalue weighted by Gasteiger charge is 2.23. The number of hydrogen-bond acceptors (Lipinski definition) is 2. The Hall–Kier alpha value is -2.24. The van der Waals surface area contributed by atoms with Gasteiger partial charge in [0.2, 0.25) is 5.91 Å². The van der Waals surface area contributed by atoms with Gasteiger partial charge in [0.1, 0.15) is 0 Å². The van der Waals surface area contributed by atoms with E-state index in [1.807, 2.05) is 13.0 Å². The summed E-state index contributed by atoms with van der Waals surface area (Å²) in [6, 6.07) is 9.97. The molecule has 3 rings (SSSR count). The third kappa shape index (κ3) is 4.06. The highest BCUT2D eigenvalue weighted by molar-refractivity contribution is 6.34. The minimum absolute atomic E-state index is 0.0663. The summed E-state index contributed by atoms with van der Waals surface area (Å²) in [5, 5.41) is 6.43. The van der Waals surface area contributed by atoms with Crippen LogP contribution in [0.4, 0.5) is 21.9 Å². The SMILES string of the molecule is Cc1ccc(NC(=O)Nc2ccc(N3CCCC3=O)c(Cl)c2)cc1Cl. The first-order valence-corrected chi connectivity index (χ1v) is 8.64. The molecule has 2 aromatic rings. The number of rotatable bonds is 3. The molecule has 0 saturated carbocycles. The molecule has 1 heterocycles. The lowest BCUT2D eigenvalue weighted by molar-refractivity contribution is -0.117. The fourth-order valence-electron chi connectivity index (χ4n) is 2.67. The molecule has 0 aliphatic carbocycles. The van der Waals surface area contributed by atoms with Crippen molar-refractivity contribution in [2.45, 2.75) is 19.8 Å². The van der Waals surface area contributed by atoms with Gasteiger partial charge in [0.15, 0.2) is 0 Å². The van der Waals surface area contributed by atoms with Crippen molar-refractivity contribution < 1.29 is 9.59 Å². The summed E-state index contributed by atoms with van der Waals surface area (Å²) < 4.78 is 0. The Balaban J connectivity index is 1.68. The first-order chi connectivity index (χ1) is 11.9. The van der Waals surface area contributed by atoms with E-state index in [1.54, 1.807) is 35.2 Å². The number of hydrogen-bond donors (Lipinski definition) is 2. The van der Waals surface area contributed by atoms with Crippen molar-refractivity contribution in [2.75, 3.05) is 22.1 Å². The van der Waals surface area contributed by atoms with Gasteiger partial charge in [-0.2, -0.15) is 0 Å². The van der Waals surface area contributed by atoms with Gasteiger partial charge in [-0.3, -0.25) is 4.79 Å². The third-order valence-electron chi connectivity index (χ3n) is 4.00. The number of carbonyl (C=O) groups excluding carboxylic acids is 2. The summed E-state index contributed by atoms with van der Waals surface area (Å²) in [5.41, 5.74) is 2.74. The number of nitrogens with one attached hydrogen (secondary N) is 2. The summed E-state index contributed by atoms with van der Waals surface area (Å²) in [7, 11) is 0. The standard InChI is InChI=1S/C18H17Cl2N3O2/c1-11-4-5-12(9-14(11)19)21-18(25)22-13-6-7-16(15(20)10-13)23-8-2-3-17(23)24/h4-7,9-10H,2-3,8H2,1H3,(H2,21,22,25). The molecule has 0 radical (unpaired) electrons. The number of aryl methyl sites for hydroxylation is 1. The van der Waals surface area contributed by atoms with Gasteiger partial charge in [-0.1, -0.05) is 29.3 Å². The minimum Gasteiger partial charge on any atom is -0.311 e. The maximum absolute atomic E-state index is 12.1. The molecule has 1 fully saturated rings. The summed E-state index contributed by atoms with van der Waals surface area (Å²) in [6.45, 7) is 2.56. The van der Waals surface area contributed by atoms with Crippen molar-refractivity contribution in [3.8, 4) is 0 Å². The number of amides is 3.